The number of nitrogens with zero attached hydrogens (tertiary/aromatic N) is 1. The van der Waals surface area contributed by atoms with Gasteiger partial charge in [-0.15, -0.1) is 0 Å². The Labute approximate surface area is 243 Å². The molecule has 2 saturated carbocycles. The van der Waals surface area contributed by atoms with Crippen LogP contribution in [-0.2, 0) is 10.0 Å². The van der Waals surface area contributed by atoms with Crippen LogP contribution in [0.1, 0.15) is 101 Å². The molecule has 9 heteroatoms. The van der Waals surface area contributed by atoms with Gasteiger partial charge in [-0.1, -0.05) is 81.5 Å². The molecule has 0 bridgehead atoms. The summed E-state index contributed by atoms with van der Waals surface area (Å²) < 4.78 is 35.4. The molecular formula is C30H40Cl2N2O4S. The molecule has 2 fully saturated rings. The molecule has 0 heterocycles. The number of ether oxygens (including phenoxy) is 1. The van der Waals surface area contributed by atoms with Gasteiger partial charge >= 0.3 is 0 Å². The number of benzene rings is 2. The van der Waals surface area contributed by atoms with Crippen molar-refractivity contribution < 1.29 is 17.9 Å². The van der Waals surface area contributed by atoms with Gasteiger partial charge in [0, 0.05) is 23.3 Å². The number of unbranched alkanes of at least 4 members (excludes halogenated alkanes) is 2. The van der Waals surface area contributed by atoms with Crippen molar-refractivity contribution in [3.05, 3.63) is 52.0 Å². The van der Waals surface area contributed by atoms with Crippen LogP contribution in [0.15, 0.2) is 41.3 Å². The first-order valence-electron chi connectivity index (χ1n) is 14.4. The van der Waals surface area contributed by atoms with Gasteiger partial charge in [-0.2, -0.15) is 4.31 Å². The van der Waals surface area contributed by atoms with Gasteiger partial charge in [0.1, 0.15) is 0 Å². The predicted octanol–water partition coefficient (Wildman–Crippen LogP) is 8.47. The Morgan fingerprint density at radius 2 is 1.44 bits per heavy atom. The van der Waals surface area contributed by atoms with Crippen molar-refractivity contribution in [3.63, 3.8) is 0 Å². The van der Waals surface area contributed by atoms with Crippen molar-refractivity contribution in [2.75, 3.05) is 11.9 Å². The van der Waals surface area contributed by atoms with E-state index >= 15 is 0 Å². The monoisotopic (exact) mass is 594 g/mol. The predicted molar refractivity (Wildman–Crippen MR) is 159 cm³/mol. The SMILES string of the molecule is CCCCCOc1c(Cl)cc(C(=O)Nc2ccc(S(=O)(=O)N(C3CCCCC3)C3CCCCC3)cc2)cc1Cl. The molecule has 1 N–H and O–H groups in total. The summed E-state index contributed by atoms with van der Waals surface area (Å²) in [6.45, 7) is 2.62. The number of hydrogen-bond acceptors (Lipinski definition) is 4. The molecule has 0 unspecified atom stereocenters. The highest BCUT2D eigenvalue weighted by Crippen LogP contribution is 2.36. The van der Waals surface area contributed by atoms with Gasteiger partial charge in [-0.25, -0.2) is 8.42 Å². The number of anilines is 1. The van der Waals surface area contributed by atoms with Crippen LogP contribution in [0.5, 0.6) is 5.75 Å². The van der Waals surface area contributed by atoms with Gasteiger partial charge in [0.25, 0.3) is 5.91 Å². The van der Waals surface area contributed by atoms with Crippen molar-refractivity contribution in [1.29, 1.82) is 0 Å². The Bertz CT molecular complexity index is 1170. The van der Waals surface area contributed by atoms with Crippen LogP contribution in [-0.4, -0.2) is 37.3 Å². The molecular weight excluding hydrogens is 555 g/mol. The molecule has 1 amide bonds. The Kier molecular flexibility index (Phi) is 11.0. The highest BCUT2D eigenvalue weighted by Gasteiger charge is 2.38. The van der Waals surface area contributed by atoms with E-state index in [2.05, 4.69) is 12.2 Å². The largest absolute Gasteiger partial charge is 0.490 e. The maximum absolute atomic E-state index is 13.9. The highest BCUT2D eigenvalue weighted by atomic mass is 35.5. The first-order valence-corrected chi connectivity index (χ1v) is 16.6. The lowest BCUT2D eigenvalue weighted by atomic mass is 9.91. The van der Waals surface area contributed by atoms with Crippen LogP contribution < -0.4 is 10.1 Å². The number of rotatable bonds is 11. The number of nitrogens with one attached hydrogen (secondary N) is 1. The minimum Gasteiger partial charge on any atom is -0.490 e. The maximum Gasteiger partial charge on any atom is 0.255 e. The zero-order valence-corrected chi connectivity index (χ0v) is 25.1. The van der Waals surface area contributed by atoms with Gasteiger partial charge in [0.05, 0.1) is 21.5 Å². The fourth-order valence-electron chi connectivity index (χ4n) is 5.75. The third-order valence-corrected chi connectivity index (χ3v) is 10.4. The molecule has 0 saturated heterocycles. The van der Waals surface area contributed by atoms with Gasteiger partial charge in [0.2, 0.25) is 10.0 Å². The molecule has 2 aliphatic carbocycles. The maximum atomic E-state index is 13.9. The molecule has 0 radical (unpaired) electrons. The van der Waals surface area contributed by atoms with E-state index in [1.54, 1.807) is 24.3 Å². The van der Waals surface area contributed by atoms with E-state index < -0.39 is 15.9 Å². The van der Waals surface area contributed by atoms with E-state index in [1.807, 2.05) is 4.31 Å². The van der Waals surface area contributed by atoms with Gasteiger partial charge < -0.3 is 10.1 Å². The van der Waals surface area contributed by atoms with Crippen LogP contribution >= 0.6 is 23.2 Å². The van der Waals surface area contributed by atoms with Crippen LogP contribution in [0, 0.1) is 0 Å². The number of carbonyl (C=O) groups excluding carboxylic acids is 1. The second-order valence-corrected chi connectivity index (χ2v) is 13.4. The Morgan fingerprint density at radius 1 is 0.897 bits per heavy atom. The second-order valence-electron chi connectivity index (χ2n) is 10.7. The molecule has 39 heavy (non-hydrogen) atoms. The third-order valence-electron chi connectivity index (χ3n) is 7.81. The molecule has 0 atom stereocenters. The number of hydrogen-bond donors (Lipinski definition) is 1. The molecule has 0 aliphatic heterocycles. The third kappa shape index (κ3) is 7.69. The summed E-state index contributed by atoms with van der Waals surface area (Å²) in [6.07, 6.45) is 13.4. The second kappa shape index (κ2) is 14.2. The van der Waals surface area contributed by atoms with Crippen molar-refractivity contribution in [2.45, 2.75) is 107 Å². The highest BCUT2D eigenvalue weighted by molar-refractivity contribution is 7.89. The average molecular weight is 596 g/mol. The van der Waals surface area contributed by atoms with Crippen LogP contribution in [0.25, 0.3) is 0 Å². The van der Waals surface area contributed by atoms with Crippen molar-refractivity contribution in [1.82, 2.24) is 4.31 Å². The molecule has 4 rings (SSSR count). The molecule has 2 aromatic rings. The summed E-state index contributed by atoms with van der Waals surface area (Å²) in [6, 6.07) is 9.66. The summed E-state index contributed by atoms with van der Waals surface area (Å²) >= 11 is 12.7. The molecule has 2 aromatic carbocycles. The van der Waals surface area contributed by atoms with Crippen molar-refractivity contribution in [2.24, 2.45) is 0 Å². The molecule has 6 nitrogen and oxygen atoms in total. The molecule has 0 aromatic heterocycles. The lowest BCUT2D eigenvalue weighted by Crippen LogP contribution is -2.48. The van der Waals surface area contributed by atoms with Crippen LogP contribution in [0.2, 0.25) is 10.0 Å². The van der Waals surface area contributed by atoms with E-state index in [0.717, 1.165) is 70.6 Å². The van der Waals surface area contributed by atoms with Crippen LogP contribution in [0.3, 0.4) is 0 Å². The van der Waals surface area contributed by atoms with Crippen molar-refractivity contribution in [3.8, 4) is 5.75 Å². The van der Waals surface area contributed by atoms with E-state index in [1.165, 1.54) is 25.0 Å². The van der Waals surface area contributed by atoms with Gasteiger partial charge in [-0.05, 0) is 68.5 Å². The van der Waals surface area contributed by atoms with E-state index in [0.29, 0.717) is 23.6 Å². The molecule has 0 spiro atoms. The summed E-state index contributed by atoms with van der Waals surface area (Å²) in [5, 5.41) is 3.37. The fraction of sp³-hybridized carbons (Fsp3) is 0.567. The summed E-state index contributed by atoms with van der Waals surface area (Å²) in [7, 11) is -3.65. The normalized spacial score (nSPS) is 17.3. The minimum atomic E-state index is -3.65. The summed E-state index contributed by atoms with van der Waals surface area (Å²) in [4.78, 5) is 13.2. The first-order chi connectivity index (χ1) is 18.8. The lowest BCUT2D eigenvalue weighted by molar-refractivity contribution is 0.102. The zero-order chi connectivity index (χ0) is 27.8. The number of sulfonamides is 1. The Hall–Kier alpha value is -1.80. The number of amides is 1. The topological polar surface area (TPSA) is 75.7 Å². The number of carbonyl (C=O) groups is 1. The van der Waals surface area contributed by atoms with Crippen LogP contribution in [0.4, 0.5) is 5.69 Å². The van der Waals surface area contributed by atoms with Crippen molar-refractivity contribution >= 4 is 44.8 Å². The molecule has 2 aliphatic rings. The lowest BCUT2D eigenvalue weighted by Gasteiger charge is -2.40. The average Bonchev–Trinajstić information content (AvgIpc) is 2.93. The first kappa shape index (κ1) is 30.2. The Morgan fingerprint density at radius 3 is 1.95 bits per heavy atom. The van der Waals surface area contributed by atoms with E-state index in [9.17, 15) is 13.2 Å². The molecule has 214 valence electrons. The quantitative estimate of drug-likeness (QED) is 0.265. The van der Waals surface area contributed by atoms with E-state index in [-0.39, 0.29) is 27.0 Å². The Balaban J connectivity index is 1.46. The standard InChI is InChI=1S/C30H40Cl2N2O4S/c1-2-3-10-19-38-29-27(31)20-22(21-28(29)32)30(35)33-23-15-17-26(18-16-23)39(36,37)34(24-11-6-4-7-12-24)25-13-8-5-9-14-25/h15-18,20-21,24-25H,2-14,19H2,1H3,(H,33,35). The van der Waals surface area contributed by atoms with Gasteiger partial charge in [0.15, 0.2) is 5.75 Å². The van der Waals surface area contributed by atoms with E-state index in [4.69, 9.17) is 27.9 Å². The summed E-state index contributed by atoms with van der Waals surface area (Å²) in [5.74, 6) is -0.0148. The smallest absolute Gasteiger partial charge is 0.255 e. The fourth-order valence-corrected chi connectivity index (χ4v) is 8.28. The zero-order valence-electron chi connectivity index (χ0n) is 22.8. The number of halogens is 2. The summed E-state index contributed by atoms with van der Waals surface area (Å²) in [5.41, 5.74) is 0.788. The van der Waals surface area contributed by atoms with Gasteiger partial charge in [-0.3, -0.25) is 4.79 Å². The minimum absolute atomic E-state index is 0.0688.